The zero-order chi connectivity index (χ0) is 78.1. The van der Waals surface area contributed by atoms with E-state index in [0.717, 1.165) is 104 Å². The van der Waals surface area contributed by atoms with Crippen LogP contribution in [0.5, 0.6) is 18.2 Å². The number of carbonyl (C=O) groups excluding carboxylic acids is 1. The van der Waals surface area contributed by atoms with E-state index in [2.05, 4.69) is 100 Å². The van der Waals surface area contributed by atoms with Crippen LogP contribution in [0.15, 0.2) is 241 Å². The average molecular weight is 1760 g/mol. The molecule has 108 heavy (non-hydrogen) atoms. The number of alkyl halides is 13. The van der Waals surface area contributed by atoms with Gasteiger partial charge in [-0.3, -0.25) is 5.43 Å². The smallest absolute Gasteiger partial charge is 0.421 e. The molecule has 0 fully saturated rings. The van der Waals surface area contributed by atoms with E-state index in [1.807, 2.05) is 89.3 Å². The van der Waals surface area contributed by atoms with Crippen molar-refractivity contribution in [3.05, 3.63) is 300 Å². The molecule has 0 spiro atoms. The first kappa shape index (κ1) is 84.9. The van der Waals surface area contributed by atoms with Gasteiger partial charge >= 0.3 is 49.0 Å². The summed E-state index contributed by atoms with van der Waals surface area (Å²) in [5.41, 5.74) is 8.35. The quantitative estimate of drug-likeness (QED) is 0.0161. The molecule has 0 aliphatic heterocycles. The van der Waals surface area contributed by atoms with Gasteiger partial charge < -0.3 is 32.2 Å². The molecule has 564 valence electrons. The predicted molar refractivity (Wildman–Crippen MR) is 393 cm³/mol. The number of nitrogens with one attached hydrogen (secondary N) is 1. The highest BCUT2D eigenvalue weighted by atomic mass is 79.9. The maximum Gasteiger partial charge on any atom is 0.421 e. The lowest BCUT2D eigenvalue weighted by Crippen LogP contribution is -2.30. The van der Waals surface area contributed by atoms with Gasteiger partial charge in [-0.2, -0.15) is 52.7 Å². The fraction of sp³-hybridized carbons (Fsp3) is 0.171. The minimum atomic E-state index is -4.35. The standard InChI is InChI=1S/2C19H14BrF3N2O2.C19H13F3N2O2.C16H15F3N2O2.C3H4Br2/c2*20-10-3-11-26-18-25-24-17(27-18)16-5-2-1-4-14(16)12-13-6-8-15(9-7-13)19(21,22)23;1-2-11-25-18-24-23-17(26-18)16-6-4-3-5-14(16)12-13-7-9-15(10-8-13)19(20,21)22;17-16(18,19)14-7-5-11(6-8-14)9-12-3-1-2-4-13(12)10-23-15(22)21-20;4-2-1-3-5/h2*1-10H,11-12H2;1,3-10H,11-12H2;1-8H,9-10,20H2,(H,21,22);1-2H,3H2/b10-3+;;;;. The third kappa shape index (κ3) is 27.8. The molecule has 11 rings (SSSR count). The second kappa shape index (κ2) is 42.3. The van der Waals surface area contributed by atoms with E-state index in [1.165, 1.54) is 48.5 Å². The van der Waals surface area contributed by atoms with Gasteiger partial charge in [0.2, 0.25) is 0 Å². The van der Waals surface area contributed by atoms with Crippen molar-refractivity contribution in [3.63, 3.8) is 0 Å². The first-order valence-electron chi connectivity index (χ1n) is 31.5. The van der Waals surface area contributed by atoms with Crippen LogP contribution in [0.4, 0.5) is 57.5 Å². The second-order valence-electron chi connectivity index (χ2n) is 21.9. The molecule has 16 nitrogen and oxygen atoms in total. The zero-order valence-corrected chi connectivity index (χ0v) is 62.3. The Morgan fingerprint density at radius 3 is 0.981 bits per heavy atom. The highest BCUT2D eigenvalue weighted by Gasteiger charge is 2.33. The largest absolute Gasteiger partial charge is 0.445 e. The van der Waals surface area contributed by atoms with Crippen LogP contribution in [0, 0.1) is 12.3 Å². The number of allylic oxidation sites excluding steroid dienone is 1. The van der Waals surface area contributed by atoms with E-state index < -0.39 is 53.1 Å². The van der Waals surface area contributed by atoms with Gasteiger partial charge in [-0.1, -0.05) is 218 Å². The molecule has 0 bridgehead atoms. The van der Waals surface area contributed by atoms with Gasteiger partial charge in [0.05, 0.1) is 22.3 Å². The fourth-order valence-corrected chi connectivity index (χ4v) is 10.6. The number of halogens is 16. The molecule has 32 heteroatoms. The lowest BCUT2D eigenvalue weighted by Gasteiger charge is -2.11. The number of amides is 1. The normalized spacial score (nSPS) is 11.4. The molecule has 0 radical (unpaired) electrons. The van der Waals surface area contributed by atoms with Gasteiger partial charge in [0.15, 0.2) is 6.61 Å². The van der Waals surface area contributed by atoms with Crippen LogP contribution in [0.25, 0.3) is 34.4 Å². The Balaban J connectivity index is 0.000000196. The van der Waals surface area contributed by atoms with E-state index in [9.17, 15) is 57.5 Å². The van der Waals surface area contributed by atoms with Crippen molar-refractivity contribution in [2.75, 3.05) is 25.2 Å². The number of terminal acetylenes is 1. The zero-order valence-electron chi connectivity index (χ0n) is 56.0. The maximum absolute atomic E-state index is 12.7. The van der Waals surface area contributed by atoms with Gasteiger partial charge in [-0.05, 0) is 170 Å². The van der Waals surface area contributed by atoms with Crippen LogP contribution in [0.3, 0.4) is 0 Å². The first-order valence-corrected chi connectivity index (χ1v) is 35.3. The molecule has 0 saturated carbocycles. The number of hydrogen-bond acceptors (Lipinski definition) is 15. The summed E-state index contributed by atoms with van der Waals surface area (Å²) < 4.78 is 189. The lowest BCUT2D eigenvalue weighted by atomic mass is 9.99. The van der Waals surface area contributed by atoms with Gasteiger partial charge in [0, 0.05) is 22.0 Å². The Morgan fingerprint density at radius 1 is 0.417 bits per heavy atom. The molecule has 0 aliphatic rings. The molecule has 11 aromatic rings. The van der Waals surface area contributed by atoms with Crippen molar-refractivity contribution in [2.24, 2.45) is 5.84 Å². The number of nitrogens with zero attached hydrogens (tertiary/aromatic N) is 6. The second-order valence-corrected chi connectivity index (χ2v) is 24.2. The Kier molecular flexibility index (Phi) is 33.2. The van der Waals surface area contributed by atoms with E-state index >= 15 is 0 Å². The third-order valence-corrected chi connectivity index (χ3v) is 16.0. The Hall–Kier alpha value is -10.3. The summed E-state index contributed by atoms with van der Waals surface area (Å²) in [7, 11) is 0. The van der Waals surface area contributed by atoms with Crippen LogP contribution in [0.2, 0.25) is 0 Å². The number of hydrazine groups is 1. The summed E-state index contributed by atoms with van der Waals surface area (Å²) in [6.45, 7) is 0.592. The van der Waals surface area contributed by atoms with E-state index in [4.69, 9.17) is 44.5 Å². The van der Waals surface area contributed by atoms with Gasteiger partial charge in [0.25, 0.3) is 17.7 Å². The number of ether oxygens (including phenoxy) is 4. The number of rotatable bonds is 22. The molecule has 1 amide bonds. The van der Waals surface area contributed by atoms with Crippen LogP contribution >= 0.6 is 63.7 Å². The highest BCUT2D eigenvalue weighted by Crippen LogP contribution is 2.36. The highest BCUT2D eigenvalue weighted by molar-refractivity contribution is 9.11. The average Bonchev–Trinajstić information content (AvgIpc) is 1.62. The van der Waals surface area contributed by atoms with Crippen LogP contribution in [-0.2, 0) is 61.7 Å². The van der Waals surface area contributed by atoms with E-state index in [1.54, 1.807) is 46.4 Å². The van der Waals surface area contributed by atoms with Crippen molar-refractivity contribution in [2.45, 2.75) is 57.0 Å². The first-order chi connectivity index (χ1) is 51.7. The number of aromatic nitrogens is 6. The molecule has 0 aliphatic carbocycles. The summed E-state index contributed by atoms with van der Waals surface area (Å²) in [6.07, 6.45) is -5.88. The Morgan fingerprint density at radius 2 is 0.704 bits per heavy atom. The van der Waals surface area contributed by atoms with Crippen molar-refractivity contribution in [3.8, 4) is 64.9 Å². The molecule has 0 atom stereocenters. The monoisotopic (exact) mass is 1760 g/mol. The third-order valence-electron chi connectivity index (χ3n) is 14.5. The molecule has 3 N–H and O–H groups in total. The molecule has 3 aromatic heterocycles. The topological polar surface area (TPSA) is 209 Å². The SMILES string of the molecule is BrC=CCBr.C#CCOc1nnc(-c2ccccc2Cc2ccc(C(F)(F)F)cc2)o1.FC(F)(F)c1ccc(Cc2ccccc2-c2nnc(OC/C=C/Br)o2)cc1.FC(F)(F)c1ccc(Cc2ccccc2-c2nnc(OCC=CBr)o2)cc1.NNC(=O)OCc1ccccc1Cc1ccc(C(F)(F)F)cc1. The number of hydrogen-bond donors (Lipinski definition) is 2. The molecular formula is C76H60Br4F12N8O8. The summed E-state index contributed by atoms with van der Waals surface area (Å²) in [5.74, 6) is 8.05. The van der Waals surface area contributed by atoms with Crippen LogP contribution < -0.4 is 25.5 Å². The number of benzene rings is 8. The minimum absolute atomic E-state index is 0.00876. The van der Waals surface area contributed by atoms with Gasteiger partial charge in [-0.15, -0.1) is 21.7 Å². The van der Waals surface area contributed by atoms with Gasteiger partial charge in [-0.25, -0.2) is 10.6 Å². The Labute approximate surface area is 644 Å². The molecule has 0 unspecified atom stereocenters. The van der Waals surface area contributed by atoms with E-state index in [-0.39, 0.29) is 62.3 Å². The van der Waals surface area contributed by atoms with Crippen molar-refractivity contribution >= 4 is 69.8 Å². The summed E-state index contributed by atoms with van der Waals surface area (Å²) >= 11 is 12.6. The van der Waals surface area contributed by atoms with Crippen molar-refractivity contribution in [1.29, 1.82) is 0 Å². The van der Waals surface area contributed by atoms with Gasteiger partial charge in [0.1, 0.15) is 19.8 Å². The summed E-state index contributed by atoms with van der Waals surface area (Å²) in [6, 6.07) is 49.4. The van der Waals surface area contributed by atoms with Crippen molar-refractivity contribution < 1.29 is 89.7 Å². The molecule has 8 aromatic carbocycles. The number of nitrogens with two attached hydrogens (primary N) is 1. The van der Waals surface area contributed by atoms with Crippen LogP contribution in [-0.4, -0.2) is 61.8 Å². The maximum atomic E-state index is 12.7. The molecule has 0 saturated heterocycles. The van der Waals surface area contributed by atoms with Crippen LogP contribution in [0.1, 0.15) is 72.3 Å². The predicted octanol–water partition coefficient (Wildman–Crippen LogP) is 21.3. The fourth-order valence-electron chi connectivity index (χ4n) is 9.41. The molecular weight excluding hydrogens is 1700 g/mol. The minimum Gasteiger partial charge on any atom is -0.445 e. The number of carbonyl (C=O) groups is 1. The summed E-state index contributed by atoms with van der Waals surface area (Å²) in [5, 5.41) is 24.3. The Bertz CT molecular complexity index is 4570. The molecule has 3 heterocycles. The summed E-state index contributed by atoms with van der Waals surface area (Å²) in [4.78, 5) is 16.2. The lowest BCUT2D eigenvalue weighted by molar-refractivity contribution is -0.138. The van der Waals surface area contributed by atoms with Crippen molar-refractivity contribution in [1.82, 2.24) is 36.0 Å². The van der Waals surface area contributed by atoms with E-state index in [0.29, 0.717) is 42.4 Å².